The van der Waals surface area contributed by atoms with Gasteiger partial charge in [-0.15, -0.1) is 0 Å². The van der Waals surface area contributed by atoms with Gasteiger partial charge in [0.15, 0.2) is 5.82 Å². The van der Waals surface area contributed by atoms with Crippen molar-refractivity contribution in [3.63, 3.8) is 0 Å². The van der Waals surface area contributed by atoms with Crippen LogP contribution < -0.4 is 10.6 Å². The van der Waals surface area contributed by atoms with Gasteiger partial charge >= 0.3 is 6.03 Å². The number of amides is 3. The van der Waals surface area contributed by atoms with E-state index in [0.717, 1.165) is 24.1 Å². The molecule has 2 N–H and O–H groups in total. The number of hydrogen-bond donors (Lipinski definition) is 2. The third kappa shape index (κ3) is 4.48. The molecule has 1 unspecified atom stereocenters. The lowest BCUT2D eigenvalue weighted by atomic mass is 9.97. The molecule has 1 saturated heterocycles. The first-order chi connectivity index (χ1) is 14.6. The molecule has 3 amide bonds. The van der Waals surface area contributed by atoms with Crippen LogP contribution in [0.3, 0.4) is 0 Å². The fourth-order valence-electron chi connectivity index (χ4n) is 3.61. The number of benzene rings is 1. The van der Waals surface area contributed by atoms with Gasteiger partial charge in [-0.2, -0.15) is 5.10 Å². The van der Waals surface area contributed by atoms with Crippen LogP contribution in [-0.4, -0.2) is 44.7 Å². The van der Waals surface area contributed by atoms with Crippen LogP contribution in [-0.2, 0) is 4.79 Å². The summed E-state index contributed by atoms with van der Waals surface area (Å²) >= 11 is 0. The van der Waals surface area contributed by atoms with Crippen LogP contribution in [0.4, 0.5) is 16.2 Å². The van der Waals surface area contributed by atoms with Crippen molar-refractivity contribution in [3.05, 3.63) is 66.6 Å². The third-order valence-electron chi connectivity index (χ3n) is 5.11. The Morgan fingerprint density at radius 2 is 2.00 bits per heavy atom. The molecule has 3 aromatic rings. The van der Waals surface area contributed by atoms with Gasteiger partial charge in [-0.05, 0) is 55.7 Å². The number of pyridine rings is 1. The van der Waals surface area contributed by atoms with Crippen LogP contribution >= 0.6 is 0 Å². The molecule has 1 aliphatic rings. The molecule has 0 spiro atoms. The minimum Gasteiger partial charge on any atom is -0.324 e. The third-order valence-corrected chi connectivity index (χ3v) is 5.11. The minimum atomic E-state index is -0.285. The van der Waals surface area contributed by atoms with Gasteiger partial charge in [0.25, 0.3) is 0 Å². The van der Waals surface area contributed by atoms with Gasteiger partial charge in [-0.25, -0.2) is 14.5 Å². The molecule has 0 radical (unpaired) electrons. The average Bonchev–Trinajstić information content (AvgIpc) is 3.29. The lowest BCUT2D eigenvalue weighted by molar-refractivity contribution is -0.121. The zero-order valence-electron chi connectivity index (χ0n) is 16.8. The fraction of sp³-hybridized carbons (Fsp3) is 0.273. The number of carbonyl (C=O) groups excluding carboxylic acids is 2. The molecule has 3 heterocycles. The Labute approximate surface area is 174 Å². The number of likely N-dealkylation sites (tertiary alicyclic amines) is 1. The van der Waals surface area contributed by atoms with Crippen molar-refractivity contribution in [2.45, 2.75) is 19.8 Å². The number of nitrogens with one attached hydrogen (secondary N) is 2. The Kier molecular flexibility index (Phi) is 5.74. The highest BCUT2D eigenvalue weighted by Crippen LogP contribution is 2.22. The van der Waals surface area contributed by atoms with E-state index in [4.69, 9.17) is 0 Å². The summed E-state index contributed by atoms with van der Waals surface area (Å²) in [7, 11) is 0. The molecular formula is C22H24N6O2. The van der Waals surface area contributed by atoms with Crippen molar-refractivity contribution in [2.75, 3.05) is 23.7 Å². The number of rotatable bonds is 4. The molecule has 1 aliphatic heterocycles. The van der Waals surface area contributed by atoms with Crippen molar-refractivity contribution in [3.8, 4) is 5.82 Å². The molecule has 0 aliphatic carbocycles. The van der Waals surface area contributed by atoms with Gasteiger partial charge in [0, 0.05) is 37.4 Å². The van der Waals surface area contributed by atoms with Gasteiger partial charge in [-0.3, -0.25) is 4.79 Å². The van der Waals surface area contributed by atoms with E-state index in [-0.39, 0.29) is 17.9 Å². The van der Waals surface area contributed by atoms with Gasteiger partial charge in [0.2, 0.25) is 5.91 Å². The molecule has 30 heavy (non-hydrogen) atoms. The maximum Gasteiger partial charge on any atom is 0.321 e. The maximum atomic E-state index is 12.9. The van der Waals surface area contributed by atoms with Crippen molar-refractivity contribution < 1.29 is 9.59 Å². The first-order valence-electron chi connectivity index (χ1n) is 9.98. The van der Waals surface area contributed by atoms with Crippen LogP contribution in [0.2, 0.25) is 0 Å². The molecule has 1 fully saturated rings. The summed E-state index contributed by atoms with van der Waals surface area (Å²) in [6, 6.07) is 12.8. The van der Waals surface area contributed by atoms with Crippen LogP contribution in [0.25, 0.3) is 5.82 Å². The van der Waals surface area contributed by atoms with E-state index in [1.807, 2.05) is 31.2 Å². The lowest BCUT2D eigenvalue weighted by Gasteiger charge is -2.32. The van der Waals surface area contributed by atoms with Crippen molar-refractivity contribution >= 4 is 23.3 Å². The normalized spacial score (nSPS) is 16.2. The summed E-state index contributed by atoms with van der Waals surface area (Å²) < 4.78 is 1.61. The number of aromatic nitrogens is 3. The molecule has 0 bridgehead atoms. The van der Waals surface area contributed by atoms with Crippen LogP contribution in [0, 0.1) is 12.8 Å². The van der Waals surface area contributed by atoms with Crippen LogP contribution in [0.15, 0.2) is 61.1 Å². The summed E-state index contributed by atoms with van der Waals surface area (Å²) in [5, 5.41) is 10.1. The summed E-state index contributed by atoms with van der Waals surface area (Å²) in [4.78, 5) is 31.6. The smallest absolute Gasteiger partial charge is 0.321 e. The molecule has 0 saturated carbocycles. The Morgan fingerprint density at radius 1 is 1.10 bits per heavy atom. The SMILES string of the molecule is Cc1cccc(NC(=O)N2CCCC(C(=O)Nc3cccnc3-n3cccn3)C2)c1. The zero-order chi connectivity index (χ0) is 20.9. The number of hydrogen-bond acceptors (Lipinski definition) is 4. The Bertz CT molecular complexity index is 1030. The minimum absolute atomic E-state index is 0.121. The molecule has 2 aromatic heterocycles. The second kappa shape index (κ2) is 8.77. The van der Waals surface area contributed by atoms with Crippen LogP contribution in [0.1, 0.15) is 18.4 Å². The average molecular weight is 404 g/mol. The maximum absolute atomic E-state index is 12.9. The van der Waals surface area contributed by atoms with Crippen LogP contribution in [0.5, 0.6) is 0 Å². The highest BCUT2D eigenvalue weighted by molar-refractivity contribution is 5.95. The van der Waals surface area contributed by atoms with Gasteiger partial charge in [0.05, 0.1) is 11.6 Å². The fourth-order valence-corrected chi connectivity index (χ4v) is 3.61. The molecule has 1 aromatic carbocycles. The van der Waals surface area contributed by atoms with E-state index < -0.39 is 0 Å². The molecule has 1 atom stereocenters. The number of aryl methyl sites for hydroxylation is 1. The summed E-state index contributed by atoms with van der Waals surface area (Å²) in [5.74, 6) is 0.151. The Hall–Kier alpha value is -3.68. The van der Waals surface area contributed by atoms with Gasteiger partial charge in [0.1, 0.15) is 0 Å². The molecule has 8 nitrogen and oxygen atoms in total. The number of carbonyl (C=O) groups is 2. The molecular weight excluding hydrogens is 380 g/mol. The second-order valence-electron chi connectivity index (χ2n) is 7.40. The van der Waals surface area contributed by atoms with Crippen molar-refractivity contribution in [1.82, 2.24) is 19.7 Å². The summed E-state index contributed by atoms with van der Waals surface area (Å²) in [6.07, 6.45) is 6.60. The van der Waals surface area contributed by atoms with Crippen molar-refractivity contribution in [2.24, 2.45) is 5.92 Å². The number of piperidine rings is 1. The Balaban J connectivity index is 1.41. The first-order valence-corrected chi connectivity index (χ1v) is 9.98. The highest BCUT2D eigenvalue weighted by Gasteiger charge is 2.29. The predicted molar refractivity (Wildman–Crippen MR) is 114 cm³/mol. The lowest BCUT2D eigenvalue weighted by Crippen LogP contribution is -2.45. The Morgan fingerprint density at radius 3 is 2.80 bits per heavy atom. The van der Waals surface area contributed by atoms with E-state index in [1.54, 1.807) is 46.4 Å². The van der Waals surface area contributed by atoms with E-state index >= 15 is 0 Å². The predicted octanol–water partition coefficient (Wildman–Crippen LogP) is 3.46. The van der Waals surface area contributed by atoms with E-state index in [1.165, 1.54) is 0 Å². The largest absolute Gasteiger partial charge is 0.324 e. The summed E-state index contributed by atoms with van der Waals surface area (Å²) in [5.41, 5.74) is 2.42. The van der Waals surface area contributed by atoms with Gasteiger partial charge in [-0.1, -0.05) is 12.1 Å². The monoisotopic (exact) mass is 404 g/mol. The molecule has 8 heteroatoms. The number of nitrogens with zero attached hydrogens (tertiary/aromatic N) is 4. The number of anilines is 2. The van der Waals surface area contributed by atoms with Crippen molar-refractivity contribution in [1.29, 1.82) is 0 Å². The highest BCUT2D eigenvalue weighted by atomic mass is 16.2. The van der Waals surface area contributed by atoms with E-state index in [0.29, 0.717) is 24.6 Å². The topological polar surface area (TPSA) is 92.2 Å². The second-order valence-corrected chi connectivity index (χ2v) is 7.40. The van der Waals surface area contributed by atoms with E-state index in [9.17, 15) is 9.59 Å². The first kappa shape index (κ1) is 19.6. The standard InChI is InChI=1S/C22H24N6O2/c1-16-6-2-8-18(14-16)25-22(30)27-12-4-7-17(15-27)21(29)26-19-9-3-10-23-20(19)28-13-5-11-24-28/h2-3,5-6,8-11,13-14,17H,4,7,12,15H2,1H3,(H,25,30)(H,26,29). The molecule has 154 valence electrons. The number of urea groups is 1. The quantitative estimate of drug-likeness (QED) is 0.697. The molecule has 4 rings (SSSR count). The van der Waals surface area contributed by atoms with Gasteiger partial charge < -0.3 is 15.5 Å². The summed E-state index contributed by atoms with van der Waals surface area (Å²) in [6.45, 7) is 2.99. The van der Waals surface area contributed by atoms with E-state index in [2.05, 4.69) is 20.7 Å². The zero-order valence-corrected chi connectivity index (χ0v) is 16.8.